The second-order valence-electron chi connectivity index (χ2n) is 6.08. The Balaban J connectivity index is 1.84. The van der Waals surface area contributed by atoms with Crippen LogP contribution in [-0.2, 0) is 13.0 Å². The van der Waals surface area contributed by atoms with Crippen LogP contribution in [-0.4, -0.2) is 9.97 Å². The van der Waals surface area contributed by atoms with Gasteiger partial charge in [0.25, 0.3) is 0 Å². The predicted molar refractivity (Wildman–Crippen MR) is 76.7 cm³/mol. The van der Waals surface area contributed by atoms with E-state index >= 15 is 0 Å². The maximum atomic E-state index is 4.07. The largest absolute Gasteiger partial charge is 0.347 e. The summed E-state index contributed by atoms with van der Waals surface area (Å²) >= 11 is 0. The SMILES string of the molecule is CC1(C)CCc2ccccc2C1NCc1cnc[nH]1. The van der Waals surface area contributed by atoms with Crippen molar-refractivity contribution >= 4 is 0 Å². The van der Waals surface area contributed by atoms with Gasteiger partial charge in [-0.05, 0) is 29.4 Å². The number of fused-ring (bicyclic) bond motifs is 1. The Hall–Kier alpha value is -1.61. The zero-order valence-electron chi connectivity index (χ0n) is 11.6. The molecule has 1 aliphatic carbocycles. The summed E-state index contributed by atoms with van der Waals surface area (Å²) in [6.07, 6.45) is 6.03. The minimum atomic E-state index is 0.286. The van der Waals surface area contributed by atoms with Gasteiger partial charge < -0.3 is 10.3 Å². The Kier molecular flexibility index (Phi) is 3.15. The van der Waals surface area contributed by atoms with Crippen LogP contribution in [0.15, 0.2) is 36.8 Å². The van der Waals surface area contributed by atoms with Gasteiger partial charge in [-0.25, -0.2) is 4.98 Å². The standard InChI is InChI=1S/C16H21N3/c1-16(2)8-7-12-5-3-4-6-14(12)15(16)18-10-13-9-17-11-19-13/h3-6,9,11,15,18H,7-8,10H2,1-2H3,(H,17,19). The zero-order chi connectivity index (χ0) is 13.3. The van der Waals surface area contributed by atoms with E-state index in [1.54, 1.807) is 6.33 Å². The summed E-state index contributed by atoms with van der Waals surface area (Å²) in [5.41, 5.74) is 4.37. The van der Waals surface area contributed by atoms with Crippen molar-refractivity contribution in [2.45, 2.75) is 39.3 Å². The van der Waals surface area contributed by atoms with Crippen molar-refractivity contribution in [3.63, 3.8) is 0 Å². The molecule has 1 aromatic carbocycles. The molecular weight excluding hydrogens is 234 g/mol. The number of hydrogen-bond donors (Lipinski definition) is 2. The number of aryl methyl sites for hydroxylation is 1. The number of nitrogens with zero attached hydrogens (tertiary/aromatic N) is 1. The van der Waals surface area contributed by atoms with Crippen molar-refractivity contribution in [2.75, 3.05) is 0 Å². The van der Waals surface area contributed by atoms with Crippen LogP contribution in [0, 0.1) is 5.41 Å². The van der Waals surface area contributed by atoms with E-state index in [9.17, 15) is 0 Å². The highest BCUT2D eigenvalue weighted by Crippen LogP contribution is 2.43. The molecule has 1 unspecified atom stereocenters. The van der Waals surface area contributed by atoms with Gasteiger partial charge >= 0.3 is 0 Å². The molecule has 2 aromatic rings. The van der Waals surface area contributed by atoms with Gasteiger partial charge in [-0.3, -0.25) is 0 Å². The molecule has 2 N–H and O–H groups in total. The molecule has 1 atom stereocenters. The number of imidazole rings is 1. The van der Waals surface area contributed by atoms with Crippen LogP contribution in [0.4, 0.5) is 0 Å². The molecule has 19 heavy (non-hydrogen) atoms. The molecule has 3 rings (SSSR count). The lowest BCUT2D eigenvalue weighted by atomic mass is 9.70. The summed E-state index contributed by atoms with van der Waals surface area (Å²) in [5, 5.41) is 3.70. The molecule has 3 heteroatoms. The number of hydrogen-bond acceptors (Lipinski definition) is 2. The highest BCUT2D eigenvalue weighted by molar-refractivity contribution is 5.34. The maximum absolute atomic E-state index is 4.07. The first-order valence-electron chi connectivity index (χ1n) is 6.95. The van der Waals surface area contributed by atoms with Crippen molar-refractivity contribution < 1.29 is 0 Å². The third kappa shape index (κ3) is 2.43. The molecule has 0 bridgehead atoms. The van der Waals surface area contributed by atoms with Crippen molar-refractivity contribution in [2.24, 2.45) is 5.41 Å². The molecule has 0 spiro atoms. The Morgan fingerprint density at radius 1 is 1.37 bits per heavy atom. The topological polar surface area (TPSA) is 40.7 Å². The number of H-pyrrole nitrogens is 1. The molecule has 0 saturated carbocycles. The van der Waals surface area contributed by atoms with E-state index in [0.29, 0.717) is 6.04 Å². The van der Waals surface area contributed by atoms with Crippen LogP contribution in [0.5, 0.6) is 0 Å². The Labute approximate surface area is 114 Å². The van der Waals surface area contributed by atoms with Crippen LogP contribution in [0.25, 0.3) is 0 Å². The minimum Gasteiger partial charge on any atom is -0.347 e. The van der Waals surface area contributed by atoms with Crippen LogP contribution < -0.4 is 5.32 Å². The van der Waals surface area contributed by atoms with E-state index in [-0.39, 0.29) is 5.41 Å². The highest BCUT2D eigenvalue weighted by atomic mass is 15.0. The molecule has 0 radical (unpaired) electrons. The maximum Gasteiger partial charge on any atom is 0.0922 e. The van der Waals surface area contributed by atoms with Gasteiger partial charge in [0.1, 0.15) is 0 Å². The van der Waals surface area contributed by atoms with Gasteiger partial charge in [0, 0.05) is 24.5 Å². The zero-order valence-corrected chi connectivity index (χ0v) is 11.6. The average molecular weight is 255 g/mol. The number of aromatic amines is 1. The van der Waals surface area contributed by atoms with Gasteiger partial charge in [-0.1, -0.05) is 38.1 Å². The number of aromatic nitrogens is 2. The molecule has 0 saturated heterocycles. The molecule has 1 aromatic heterocycles. The van der Waals surface area contributed by atoms with E-state index in [1.165, 1.54) is 24.0 Å². The average Bonchev–Trinajstić information content (AvgIpc) is 2.90. The first-order valence-corrected chi connectivity index (χ1v) is 6.95. The van der Waals surface area contributed by atoms with Crippen LogP contribution >= 0.6 is 0 Å². The van der Waals surface area contributed by atoms with E-state index in [4.69, 9.17) is 0 Å². The second-order valence-corrected chi connectivity index (χ2v) is 6.08. The summed E-state index contributed by atoms with van der Waals surface area (Å²) in [5.74, 6) is 0. The van der Waals surface area contributed by atoms with E-state index in [2.05, 4.69) is 53.4 Å². The molecule has 1 aliphatic rings. The number of benzene rings is 1. The smallest absolute Gasteiger partial charge is 0.0922 e. The fourth-order valence-electron chi connectivity index (χ4n) is 3.05. The number of rotatable bonds is 3. The molecule has 0 aliphatic heterocycles. The fraction of sp³-hybridized carbons (Fsp3) is 0.438. The minimum absolute atomic E-state index is 0.286. The summed E-state index contributed by atoms with van der Waals surface area (Å²) < 4.78 is 0. The normalized spacial score (nSPS) is 21.1. The summed E-state index contributed by atoms with van der Waals surface area (Å²) in [6.45, 7) is 5.55. The summed E-state index contributed by atoms with van der Waals surface area (Å²) in [7, 11) is 0. The predicted octanol–water partition coefficient (Wildman–Crippen LogP) is 3.21. The third-order valence-corrected chi connectivity index (χ3v) is 4.24. The van der Waals surface area contributed by atoms with Gasteiger partial charge in [0.15, 0.2) is 0 Å². The first-order chi connectivity index (χ1) is 9.17. The molecule has 100 valence electrons. The molecule has 3 nitrogen and oxygen atoms in total. The van der Waals surface area contributed by atoms with Crippen molar-refractivity contribution in [3.8, 4) is 0 Å². The van der Waals surface area contributed by atoms with E-state index < -0.39 is 0 Å². The quantitative estimate of drug-likeness (QED) is 0.884. The van der Waals surface area contributed by atoms with Gasteiger partial charge in [-0.2, -0.15) is 0 Å². The van der Waals surface area contributed by atoms with Crippen LogP contribution in [0.2, 0.25) is 0 Å². The Morgan fingerprint density at radius 3 is 3.00 bits per heavy atom. The molecule has 0 fully saturated rings. The molecule has 0 amide bonds. The monoisotopic (exact) mass is 255 g/mol. The Bertz CT molecular complexity index is 543. The lowest BCUT2D eigenvalue weighted by molar-refractivity contribution is 0.207. The third-order valence-electron chi connectivity index (χ3n) is 4.24. The van der Waals surface area contributed by atoms with Gasteiger partial charge in [-0.15, -0.1) is 0 Å². The molecule has 1 heterocycles. The van der Waals surface area contributed by atoms with Crippen molar-refractivity contribution in [1.82, 2.24) is 15.3 Å². The first kappa shape index (κ1) is 12.4. The Morgan fingerprint density at radius 2 is 2.21 bits per heavy atom. The molecular formula is C16H21N3. The van der Waals surface area contributed by atoms with Gasteiger partial charge in [0.05, 0.1) is 6.33 Å². The van der Waals surface area contributed by atoms with Crippen molar-refractivity contribution in [3.05, 3.63) is 53.6 Å². The number of nitrogens with one attached hydrogen (secondary N) is 2. The van der Waals surface area contributed by atoms with Crippen molar-refractivity contribution in [1.29, 1.82) is 0 Å². The lowest BCUT2D eigenvalue weighted by Crippen LogP contribution is -2.37. The van der Waals surface area contributed by atoms with Crippen LogP contribution in [0.3, 0.4) is 0 Å². The fourth-order valence-corrected chi connectivity index (χ4v) is 3.05. The lowest BCUT2D eigenvalue weighted by Gasteiger charge is -2.40. The summed E-state index contributed by atoms with van der Waals surface area (Å²) in [4.78, 5) is 7.23. The van der Waals surface area contributed by atoms with Crippen LogP contribution in [0.1, 0.15) is 43.1 Å². The van der Waals surface area contributed by atoms with E-state index in [1.807, 2.05) is 6.20 Å². The van der Waals surface area contributed by atoms with Gasteiger partial charge in [0.2, 0.25) is 0 Å². The van der Waals surface area contributed by atoms with E-state index in [0.717, 1.165) is 12.2 Å². The summed E-state index contributed by atoms with van der Waals surface area (Å²) in [6, 6.07) is 9.21. The highest BCUT2D eigenvalue weighted by Gasteiger charge is 2.35. The second kappa shape index (κ2) is 4.82.